The number of hydrogen-bond acceptors (Lipinski definition) is 2. The van der Waals surface area contributed by atoms with Crippen LogP contribution < -0.4 is 5.32 Å². The van der Waals surface area contributed by atoms with Gasteiger partial charge in [-0.05, 0) is 13.8 Å². The van der Waals surface area contributed by atoms with Crippen molar-refractivity contribution in [2.45, 2.75) is 19.4 Å². The van der Waals surface area contributed by atoms with Crippen LogP contribution in [0.5, 0.6) is 0 Å². The highest BCUT2D eigenvalue weighted by Gasteiger charge is 2.11. The maximum atomic E-state index is 8.35. The van der Waals surface area contributed by atoms with Gasteiger partial charge in [0, 0.05) is 0 Å². The number of thiocarbonyl (C=S) groups is 1. The fourth-order valence-electron chi connectivity index (χ4n) is 0.180. The molecule has 0 bridgehead atoms. The van der Waals surface area contributed by atoms with Crippen LogP contribution in [0.25, 0.3) is 0 Å². The van der Waals surface area contributed by atoms with Gasteiger partial charge in [-0.3, -0.25) is 0 Å². The van der Waals surface area contributed by atoms with Gasteiger partial charge < -0.3 is 5.32 Å². The highest BCUT2D eigenvalue weighted by atomic mass is 32.1. The van der Waals surface area contributed by atoms with Crippen LogP contribution in [0.4, 0.5) is 0 Å². The normalized spacial score (nSPS) is 9.62. The lowest BCUT2D eigenvalue weighted by Gasteiger charge is -2.12. The number of hydrogen-bond donors (Lipinski definition) is 1. The van der Waals surface area contributed by atoms with Gasteiger partial charge in [-0.1, -0.05) is 12.2 Å². The van der Waals surface area contributed by atoms with Gasteiger partial charge in [-0.25, -0.2) is 0 Å². The minimum absolute atomic E-state index is 0.512. The monoisotopic (exact) mass is 128 g/mol. The second-order valence-electron chi connectivity index (χ2n) is 2.00. The first kappa shape index (κ1) is 7.38. The summed E-state index contributed by atoms with van der Waals surface area (Å²) >= 11 is 4.48. The summed E-state index contributed by atoms with van der Waals surface area (Å²) in [6, 6.07) is 2.03. The van der Waals surface area contributed by atoms with E-state index in [1.807, 2.05) is 6.07 Å². The molecule has 0 aliphatic rings. The number of nitrogens with one attached hydrogen (secondary N) is 1. The molecule has 0 saturated carbocycles. The van der Waals surface area contributed by atoms with E-state index in [0.29, 0.717) is 0 Å². The van der Waals surface area contributed by atoms with Gasteiger partial charge in [0.25, 0.3) is 0 Å². The van der Waals surface area contributed by atoms with E-state index in [-0.39, 0.29) is 0 Å². The molecule has 0 heterocycles. The van der Waals surface area contributed by atoms with Crippen molar-refractivity contribution in [1.82, 2.24) is 5.32 Å². The number of nitrogens with zero attached hydrogens (tertiary/aromatic N) is 1. The topological polar surface area (TPSA) is 35.8 Å². The number of nitriles is 1. The smallest absolute Gasteiger partial charge is 0.119 e. The van der Waals surface area contributed by atoms with Crippen LogP contribution in [0.2, 0.25) is 0 Å². The van der Waals surface area contributed by atoms with Crippen LogP contribution in [-0.2, 0) is 0 Å². The van der Waals surface area contributed by atoms with Gasteiger partial charge in [-0.15, -0.1) is 0 Å². The van der Waals surface area contributed by atoms with Crippen LogP contribution >= 0.6 is 12.2 Å². The van der Waals surface area contributed by atoms with Gasteiger partial charge >= 0.3 is 0 Å². The lowest BCUT2D eigenvalue weighted by molar-refractivity contribution is 0.602. The zero-order valence-electron chi connectivity index (χ0n) is 4.93. The Labute approximate surface area is 54.5 Å². The summed E-state index contributed by atoms with van der Waals surface area (Å²) in [7, 11) is 0. The Hall–Kier alpha value is -0.620. The standard InChI is InChI=1S/C5H8N2S/c1-5(2,3-6)7-4-8/h4H,1-2H3,(H,7,8). The predicted octanol–water partition coefficient (Wildman–Crippen LogP) is 0.835. The van der Waals surface area contributed by atoms with Crippen LogP contribution in [0.15, 0.2) is 0 Å². The van der Waals surface area contributed by atoms with Crippen molar-refractivity contribution in [3.05, 3.63) is 0 Å². The molecule has 0 aromatic carbocycles. The van der Waals surface area contributed by atoms with E-state index in [4.69, 9.17) is 5.26 Å². The Morgan fingerprint density at radius 1 is 1.75 bits per heavy atom. The van der Waals surface area contributed by atoms with Crippen LogP contribution in [0, 0.1) is 11.3 Å². The molecular formula is C5H8N2S. The van der Waals surface area contributed by atoms with E-state index in [1.54, 1.807) is 13.8 Å². The molecule has 0 amide bonds. The summed E-state index contributed by atoms with van der Waals surface area (Å²) in [6.07, 6.45) is 0. The third-order valence-corrected chi connectivity index (χ3v) is 0.817. The van der Waals surface area contributed by atoms with E-state index < -0.39 is 5.54 Å². The Bertz CT molecular complexity index is 123. The van der Waals surface area contributed by atoms with Gasteiger partial charge in [0.1, 0.15) is 5.54 Å². The predicted molar refractivity (Wildman–Crippen MR) is 36.5 cm³/mol. The number of rotatable bonds is 2. The lowest BCUT2D eigenvalue weighted by Crippen LogP contribution is -2.35. The molecule has 0 atom stereocenters. The first-order valence-electron chi connectivity index (χ1n) is 2.25. The third kappa shape index (κ3) is 2.54. The quantitative estimate of drug-likeness (QED) is 0.560. The summed E-state index contributed by atoms with van der Waals surface area (Å²) in [6.45, 7) is 3.52. The molecule has 0 radical (unpaired) electrons. The molecule has 1 N–H and O–H groups in total. The highest BCUT2D eigenvalue weighted by Crippen LogP contribution is 1.95. The summed E-state index contributed by atoms with van der Waals surface area (Å²) in [5.74, 6) is 0. The zero-order chi connectivity index (χ0) is 6.62. The molecular weight excluding hydrogens is 120 g/mol. The molecule has 0 aliphatic carbocycles. The van der Waals surface area contributed by atoms with Crippen molar-refractivity contribution >= 4 is 17.7 Å². The molecule has 0 aromatic heterocycles. The molecule has 0 unspecified atom stereocenters. The Morgan fingerprint density at radius 3 is 2.38 bits per heavy atom. The fraction of sp³-hybridized carbons (Fsp3) is 0.600. The zero-order valence-corrected chi connectivity index (χ0v) is 5.75. The second kappa shape index (κ2) is 2.63. The summed E-state index contributed by atoms with van der Waals surface area (Å²) in [4.78, 5) is 0. The summed E-state index contributed by atoms with van der Waals surface area (Å²) < 4.78 is 0. The molecule has 0 spiro atoms. The van der Waals surface area contributed by atoms with E-state index in [9.17, 15) is 0 Å². The Morgan fingerprint density at radius 2 is 2.25 bits per heavy atom. The van der Waals surface area contributed by atoms with Gasteiger partial charge in [0.05, 0.1) is 11.6 Å². The third-order valence-electron chi connectivity index (χ3n) is 0.699. The molecule has 0 aromatic rings. The molecule has 44 valence electrons. The van der Waals surface area contributed by atoms with Crippen molar-refractivity contribution in [1.29, 1.82) is 5.26 Å². The van der Waals surface area contributed by atoms with E-state index in [2.05, 4.69) is 17.5 Å². The molecule has 0 rings (SSSR count). The Kier molecular flexibility index (Phi) is 2.43. The molecule has 3 heteroatoms. The van der Waals surface area contributed by atoms with Crippen molar-refractivity contribution in [3.8, 4) is 6.07 Å². The minimum atomic E-state index is -0.512. The van der Waals surface area contributed by atoms with Gasteiger partial charge in [0.2, 0.25) is 0 Å². The molecule has 2 nitrogen and oxygen atoms in total. The summed E-state index contributed by atoms with van der Waals surface area (Å²) in [5.41, 5.74) is 0.838. The van der Waals surface area contributed by atoms with Gasteiger partial charge in [-0.2, -0.15) is 5.26 Å². The maximum Gasteiger partial charge on any atom is 0.119 e. The van der Waals surface area contributed by atoms with E-state index in [1.165, 1.54) is 5.49 Å². The average molecular weight is 128 g/mol. The van der Waals surface area contributed by atoms with Gasteiger partial charge in [0.15, 0.2) is 0 Å². The first-order chi connectivity index (χ1) is 3.62. The molecule has 0 fully saturated rings. The molecule has 8 heavy (non-hydrogen) atoms. The summed E-state index contributed by atoms with van der Waals surface area (Å²) in [5, 5.41) is 11.0. The van der Waals surface area contributed by atoms with E-state index >= 15 is 0 Å². The fourth-order valence-corrected chi connectivity index (χ4v) is 0.474. The highest BCUT2D eigenvalue weighted by molar-refractivity contribution is 7.78. The van der Waals surface area contributed by atoms with Crippen molar-refractivity contribution in [2.24, 2.45) is 0 Å². The van der Waals surface area contributed by atoms with E-state index in [0.717, 1.165) is 0 Å². The van der Waals surface area contributed by atoms with Crippen LogP contribution in [-0.4, -0.2) is 11.0 Å². The van der Waals surface area contributed by atoms with Crippen molar-refractivity contribution < 1.29 is 0 Å². The largest absolute Gasteiger partial charge is 0.365 e. The Balaban J connectivity index is 3.76. The lowest BCUT2D eigenvalue weighted by atomic mass is 10.1. The van der Waals surface area contributed by atoms with Crippen LogP contribution in [0.3, 0.4) is 0 Å². The second-order valence-corrected chi connectivity index (χ2v) is 2.23. The average Bonchev–Trinajstić information content (AvgIpc) is 1.67. The van der Waals surface area contributed by atoms with Crippen LogP contribution in [0.1, 0.15) is 13.8 Å². The van der Waals surface area contributed by atoms with Crippen molar-refractivity contribution in [3.63, 3.8) is 0 Å². The minimum Gasteiger partial charge on any atom is -0.365 e. The maximum absolute atomic E-state index is 8.35. The first-order valence-corrected chi connectivity index (χ1v) is 2.72. The molecule has 0 saturated heterocycles. The molecule has 0 aliphatic heterocycles. The van der Waals surface area contributed by atoms with Crippen molar-refractivity contribution in [2.75, 3.05) is 0 Å². The SMILES string of the molecule is CC(C)(C#N)NC=S.